The third-order valence-corrected chi connectivity index (χ3v) is 3.05. The molecular formula is C12H13ClN2O. The summed E-state index contributed by atoms with van der Waals surface area (Å²) in [5, 5.41) is 12.9. The van der Waals surface area contributed by atoms with E-state index in [1.807, 2.05) is 6.92 Å². The van der Waals surface area contributed by atoms with Crippen LogP contribution >= 0.6 is 11.6 Å². The maximum atomic E-state index is 8.98. The molecule has 2 rings (SSSR count). The molecule has 0 aromatic heterocycles. The van der Waals surface area contributed by atoms with Gasteiger partial charge in [-0.25, -0.2) is 0 Å². The first-order valence-corrected chi connectivity index (χ1v) is 5.66. The van der Waals surface area contributed by atoms with Gasteiger partial charge in [-0.3, -0.25) is 0 Å². The lowest BCUT2D eigenvalue weighted by Crippen LogP contribution is -2.27. The van der Waals surface area contributed by atoms with Gasteiger partial charge in [-0.2, -0.15) is 5.26 Å². The van der Waals surface area contributed by atoms with Crippen LogP contribution in [0, 0.1) is 11.3 Å². The molecule has 1 aromatic carbocycles. The molecule has 1 aromatic rings. The Bertz CT molecular complexity index is 428. The van der Waals surface area contributed by atoms with Crippen LogP contribution in [0.15, 0.2) is 18.2 Å². The first-order chi connectivity index (χ1) is 7.70. The second kappa shape index (κ2) is 4.73. The Morgan fingerprint density at radius 1 is 1.56 bits per heavy atom. The number of ether oxygens (including phenoxy) is 1. The molecule has 3 nitrogen and oxygen atoms in total. The van der Waals surface area contributed by atoms with Gasteiger partial charge in [0.1, 0.15) is 6.07 Å². The molecule has 1 aliphatic rings. The molecular weight excluding hydrogens is 224 g/mol. The van der Waals surface area contributed by atoms with E-state index in [1.54, 1.807) is 18.2 Å². The van der Waals surface area contributed by atoms with Gasteiger partial charge in [0.2, 0.25) is 0 Å². The summed E-state index contributed by atoms with van der Waals surface area (Å²) in [7, 11) is 0. The number of rotatable bonds is 2. The fourth-order valence-corrected chi connectivity index (χ4v) is 2.03. The number of nitriles is 1. The quantitative estimate of drug-likeness (QED) is 0.859. The smallest absolute Gasteiger partial charge is 0.101 e. The van der Waals surface area contributed by atoms with Crippen molar-refractivity contribution in [3.05, 3.63) is 28.8 Å². The van der Waals surface area contributed by atoms with Gasteiger partial charge in [-0.05, 0) is 31.5 Å². The standard InChI is InChI=1S/C12H13ClN2O/c1-8-11(4-5-16-8)15-12-6-10(13)3-2-9(12)7-14/h2-3,6,8,11,15H,4-5H2,1H3. The zero-order chi connectivity index (χ0) is 11.5. The van der Waals surface area contributed by atoms with E-state index in [-0.39, 0.29) is 12.1 Å². The number of anilines is 1. The van der Waals surface area contributed by atoms with E-state index in [0.717, 1.165) is 18.7 Å². The molecule has 0 aliphatic carbocycles. The highest BCUT2D eigenvalue weighted by Crippen LogP contribution is 2.24. The van der Waals surface area contributed by atoms with Gasteiger partial charge in [0.05, 0.1) is 23.4 Å². The van der Waals surface area contributed by atoms with E-state index in [9.17, 15) is 0 Å². The molecule has 1 N–H and O–H groups in total. The van der Waals surface area contributed by atoms with Crippen LogP contribution in [0.1, 0.15) is 18.9 Å². The van der Waals surface area contributed by atoms with E-state index in [4.69, 9.17) is 21.6 Å². The first-order valence-electron chi connectivity index (χ1n) is 5.28. The van der Waals surface area contributed by atoms with Gasteiger partial charge in [0, 0.05) is 11.6 Å². The molecule has 4 heteroatoms. The first kappa shape index (κ1) is 11.3. The number of nitrogens with one attached hydrogen (secondary N) is 1. The van der Waals surface area contributed by atoms with Crippen LogP contribution in [0.5, 0.6) is 0 Å². The van der Waals surface area contributed by atoms with Crippen LogP contribution < -0.4 is 5.32 Å². The van der Waals surface area contributed by atoms with Crippen molar-refractivity contribution in [2.24, 2.45) is 0 Å². The molecule has 2 atom stereocenters. The molecule has 0 amide bonds. The van der Waals surface area contributed by atoms with E-state index in [0.29, 0.717) is 10.6 Å². The van der Waals surface area contributed by atoms with E-state index in [2.05, 4.69) is 11.4 Å². The van der Waals surface area contributed by atoms with Crippen LogP contribution in [-0.4, -0.2) is 18.8 Å². The molecule has 0 spiro atoms. The maximum Gasteiger partial charge on any atom is 0.101 e. The molecule has 2 unspecified atom stereocenters. The average molecular weight is 237 g/mol. The highest BCUT2D eigenvalue weighted by atomic mass is 35.5. The SMILES string of the molecule is CC1OCCC1Nc1cc(Cl)ccc1C#N. The summed E-state index contributed by atoms with van der Waals surface area (Å²) >= 11 is 5.91. The predicted octanol–water partition coefficient (Wildman–Crippen LogP) is 2.80. The fourth-order valence-electron chi connectivity index (χ4n) is 1.85. The molecule has 84 valence electrons. The Kier molecular flexibility index (Phi) is 3.33. The lowest BCUT2D eigenvalue weighted by Gasteiger charge is -2.18. The summed E-state index contributed by atoms with van der Waals surface area (Å²) in [6, 6.07) is 7.64. The second-order valence-corrected chi connectivity index (χ2v) is 4.35. The average Bonchev–Trinajstić information content (AvgIpc) is 2.65. The van der Waals surface area contributed by atoms with Crippen LogP contribution in [0.2, 0.25) is 5.02 Å². The Balaban J connectivity index is 2.20. The van der Waals surface area contributed by atoms with Gasteiger partial charge in [-0.15, -0.1) is 0 Å². The number of hydrogen-bond acceptors (Lipinski definition) is 3. The molecule has 0 bridgehead atoms. The predicted molar refractivity (Wildman–Crippen MR) is 63.6 cm³/mol. The fraction of sp³-hybridized carbons (Fsp3) is 0.417. The Morgan fingerprint density at radius 2 is 2.38 bits per heavy atom. The minimum atomic E-state index is 0.172. The molecule has 1 fully saturated rings. The monoisotopic (exact) mass is 236 g/mol. The minimum Gasteiger partial charge on any atom is -0.379 e. The van der Waals surface area contributed by atoms with E-state index in [1.165, 1.54) is 0 Å². The largest absolute Gasteiger partial charge is 0.379 e. The lowest BCUT2D eigenvalue weighted by molar-refractivity contribution is 0.121. The van der Waals surface area contributed by atoms with Gasteiger partial charge >= 0.3 is 0 Å². The van der Waals surface area contributed by atoms with Gasteiger partial charge < -0.3 is 10.1 Å². The highest BCUT2D eigenvalue weighted by molar-refractivity contribution is 6.30. The summed E-state index contributed by atoms with van der Waals surface area (Å²) in [5.74, 6) is 0. The number of halogens is 1. The Morgan fingerprint density at radius 3 is 3.00 bits per heavy atom. The summed E-state index contributed by atoms with van der Waals surface area (Å²) in [5.41, 5.74) is 1.40. The molecule has 16 heavy (non-hydrogen) atoms. The summed E-state index contributed by atoms with van der Waals surface area (Å²) in [4.78, 5) is 0. The third kappa shape index (κ3) is 2.29. The normalized spacial score (nSPS) is 24.1. The third-order valence-electron chi connectivity index (χ3n) is 2.82. The van der Waals surface area contributed by atoms with Crippen molar-refractivity contribution in [3.63, 3.8) is 0 Å². The van der Waals surface area contributed by atoms with Gasteiger partial charge in [0.25, 0.3) is 0 Å². The van der Waals surface area contributed by atoms with Crippen molar-refractivity contribution < 1.29 is 4.74 Å². The van der Waals surface area contributed by atoms with Gasteiger partial charge in [0.15, 0.2) is 0 Å². The lowest BCUT2D eigenvalue weighted by atomic mass is 10.1. The summed E-state index contributed by atoms with van der Waals surface area (Å²) in [6.45, 7) is 2.79. The van der Waals surface area contributed by atoms with E-state index < -0.39 is 0 Å². The maximum absolute atomic E-state index is 8.98. The number of hydrogen-bond donors (Lipinski definition) is 1. The molecule has 1 aliphatic heterocycles. The topological polar surface area (TPSA) is 45.0 Å². The highest BCUT2D eigenvalue weighted by Gasteiger charge is 2.24. The van der Waals surface area contributed by atoms with E-state index >= 15 is 0 Å². The Hall–Kier alpha value is -1.24. The zero-order valence-electron chi connectivity index (χ0n) is 9.03. The Labute approximate surface area is 100.0 Å². The number of benzene rings is 1. The van der Waals surface area contributed by atoms with Crippen molar-refractivity contribution in [1.82, 2.24) is 0 Å². The molecule has 1 saturated heterocycles. The van der Waals surface area contributed by atoms with Gasteiger partial charge in [-0.1, -0.05) is 11.6 Å². The zero-order valence-corrected chi connectivity index (χ0v) is 9.79. The van der Waals surface area contributed by atoms with Crippen LogP contribution in [-0.2, 0) is 4.74 Å². The molecule has 1 heterocycles. The summed E-state index contributed by atoms with van der Waals surface area (Å²) < 4.78 is 5.46. The van der Waals surface area contributed by atoms with Crippen molar-refractivity contribution >= 4 is 17.3 Å². The van der Waals surface area contributed by atoms with Crippen LogP contribution in [0.4, 0.5) is 5.69 Å². The second-order valence-electron chi connectivity index (χ2n) is 3.92. The minimum absolute atomic E-state index is 0.172. The summed E-state index contributed by atoms with van der Waals surface area (Å²) in [6.07, 6.45) is 1.13. The van der Waals surface area contributed by atoms with Crippen LogP contribution in [0.25, 0.3) is 0 Å². The van der Waals surface area contributed by atoms with Crippen molar-refractivity contribution in [2.45, 2.75) is 25.5 Å². The molecule has 0 radical (unpaired) electrons. The van der Waals surface area contributed by atoms with Crippen molar-refractivity contribution in [1.29, 1.82) is 5.26 Å². The van der Waals surface area contributed by atoms with Crippen molar-refractivity contribution in [3.8, 4) is 6.07 Å². The van der Waals surface area contributed by atoms with Crippen molar-refractivity contribution in [2.75, 3.05) is 11.9 Å². The number of nitrogens with zero attached hydrogens (tertiary/aromatic N) is 1. The van der Waals surface area contributed by atoms with Crippen LogP contribution in [0.3, 0.4) is 0 Å². The molecule has 0 saturated carbocycles.